The van der Waals surface area contributed by atoms with E-state index in [0.29, 0.717) is 92.9 Å². The molecule has 14 rings (SSSR count). The van der Waals surface area contributed by atoms with Crippen molar-refractivity contribution in [3.8, 4) is 0 Å². The average Bonchev–Trinajstić information content (AvgIpc) is 1.75. The predicted octanol–water partition coefficient (Wildman–Crippen LogP) is 13.3. The standard InChI is InChI=1S/7C14H23N3O3S/c1-14(2,3)19-8-12-20-11(9-21-12)17-7-6-10(16(4)5)15-13(17)18;1-10(2)7-19-8-13-20-12(9-21-13)17-6-5-11(16(3)4)15-14(17)18;1-5-15-10-6-7-17(13(18)16-10)11-9-21-12(20-11)8-19-14(2,3)4;1-4-5-8-19-9-13-20-12(10-21-13)17-7-6-11(16(2)3)15-14(17)18;1-3-4-5-8-19-9-13-20-12(10-21-13)17-7-6-11(15-2)16-14(17)18;1-3-6-15-11-5-7-17(14(18)16-11)12-10-21-13(20-12)9-19-8-4-2;1-3-5-8-19-9-13-20-12(10-21-13)17-7-6-11(15-4-2)16-14(17)18/h6-7,11-12H,8-9H2,1-5H3;5-6,10,12-13H,7-9H2,1-4H3;6-7,11-12H,5,8-9H2,1-4H3,(H,15,16,18);6-7,12-13H,4-5,8-10H2,1-3H3;6-7,12-13H,3-5,8-10H2,1-2H3,(H,15,16,18);5,7,12-13H,3-4,6,8-10H2,1-2H3,(H,15,16,18);6-7,12-13H,3-5,8-10H2,1-2H3,(H,15,16,18)/t11-,12+;12-,13+;11-,12+;3*12-,13+;12?,13-/m1111110/s1. The number of nitrogens with zero attached hydrogens (tertiary/aromatic N) is 17. The van der Waals surface area contributed by atoms with E-state index in [9.17, 15) is 33.6 Å². The van der Waals surface area contributed by atoms with E-state index in [4.69, 9.17) is 66.3 Å². The molecule has 4 N–H and O–H groups in total. The van der Waals surface area contributed by atoms with Crippen molar-refractivity contribution in [3.63, 3.8) is 0 Å². The maximum Gasteiger partial charge on any atom is 0.351 e. The lowest BCUT2D eigenvalue weighted by molar-refractivity contribution is -0.0684. The van der Waals surface area contributed by atoms with Gasteiger partial charge in [-0.1, -0.05) is 74.1 Å². The molecule has 7 aromatic rings. The van der Waals surface area contributed by atoms with Crippen molar-refractivity contribution in [1.82, 2.24) is 66.9 Å². The molecule has 7 aromatic heterocycles. The first kappa shape index (κ1) is 125. The zero-order valence-corrected chi connectivity index (χ0v) is 95.4. The predicted molar refractivity (Wildman–Crippen MR) is 594 cm³/mol. The smallest absolute Gasteiger partial charge is 0.351 e. The van der Waals surface area contributed by atoms with Gasteiger partial charge in [0.2, 0.25) is 0 Å². The van der Waals surface area contributed by atoms with Gasteiger partial charge >= 0.3 is 39.8 Å². The van der Waals surface area contributed by atoms with Crippen molar-refractivity contribution < 1.29 is 66.3 Å². The quantitative estimate of drug-likeness (QED) is 0.0257. The summed E-state index contributed by atoms with van der Waals surface area (Å²) in [5.74, 6) is 9.99. The first-order valence-electron chi connectivity index (χ1n) is 50.6. The SMILES string of the molecule is CC(C)COC[C@H]1O[C@@H](n2ccc(N(C)C)nc2=O)CS1.CCCCCOC[C@H]1O[C@@H](n2ccc(NC)nc2=O)CS1.CCCCOC[C@H]1OC(n2ccc(NCC)nc2=O)CS1.CCCCOC[C@H]1O[C@@H](n2ccc(N(C)C)nc2=O)CS1.CCCNc1ccn([C@H]2CS[C@@H](COCCC)O2)c(=O)n1.CCNc1ccn([C@H]2CS[C@@H](COC(C)(C)C)O2)c(=O)n1.CN(C)c1ccn([C@H]2CS[C@@H](COC(C)(C)C)O2)c(=O)n1. The van der Waals surface area contributed by atoms with Crippen molar-refractivity contribution >= 4 is 123 Å². The van der Waals surface area contributed by atoms with E-state index >= 15 is 0 Å². The number of nitrogens with one attached hydrogen (secondary N) is 4. The summed E-state index contributed by atoms with van der Waals surface area (Å²) in [5.41, 5.74) is -2.52. The van der Waals surface area contributed by atoms with Crippen molar-refractivity contribution in [2.45, 2.75) is 254 Å². The highest BCUT2D eigenvalue weighted by Crippen LogP contribution is 2.38. The summed E-state index contributed by atoms with van der Waals surface area (Å²) >= 11 is 11.7. The molecule has 0 saturated carbocycles. The number of rotatable bonds is 46. The van der Waals surface area contributed by atoms with Crippen LogP contribution in [-0.4, -0.2) is 305 Å². The molecule has 0 radical (unpaired) electrons. The minimum Gasteiger partial charge on any atom is -0.378 e. The van der Waals surface area contributed by atoms with E-state index in [0.717, 1.165) is 138 Å². The highest BCUT2D eigenvalue weighted by molar-refractivity contribution is 8.01. The largest absolute Gasteiger partial charge is 0.378 e. The first-order chi connectivity index (χ1) is 70.5. The molecule has 14 heterocycles. The van der Waals surface area contributed by atoms with Gasteiger partial charge in [0.15, 0.2) is 0 Å². The summed E-state index contributed by atoms with van der Waals surface area (Å²) in [6.07, 6.45) is 20.1. The van der Waals surface area contributed by atoms with Crippen molar-refractivity contribution in [2.75, 3.05) is 224 Å². The van der Waals surface area contributed by atoms with Crippen molar-refractivity contribution in [1.29, 1.82) is 0 Å². The molecule has 1 unspecified atom stereocenters. The van der Waals surface area contributed by atoms with Crippen LogP contribution in [0, 0.1) is 5.92 Å². The second kappa shape index (κ2) is 66.6. The molecule has 0 amide bonds. The minimum atomic E-state index is -0.295. The Morgan fingerprint density at radius 2 is 0.578 bits per heavy atom. The molecule has 0 spiro atoms. The fourth-order valence-electron chi connectivity index (χ4n) is 13.8. The van der Waals surface area contributed by atoms with Gasteiger partial charge in [0.05, 0.1) is 57.5 Å². The Labute approximate surface area is 894 Å². The van der Waals surface area contributed by atoms with Gasteiger partial charge in [-0.25, -0.2) is 33.6 Å². The van der Waals surface area contributed by atoms with Gasteiger partial charge in [0, 0.05) is 186 Å². The van der Waals surface area contributed by atoms with Crippen LogP contribution in [0.5, 0.6) is 0 Å². The molecule has 826 valence electrons. The highest BCUT2D eigenvalue weighted by atomic mass is 32.2. The molecule has 7 fully saturated rings. The number of thioether (sulfide) groups is 7. The molecule has 7 saturated heterocycles. The summed E-state index contributed by atoms with van der Waals surface area (Å²) in [5, 5.41) is 12.0. The second-order valence-corrected chi connectivity index (χ2v) is 45.7. The van der Waals surface area contributed by atoms with Crippen LogP contribution in [0.2, 0.25) is 0 Å². The van der Waals surface area contributed by atoms with Gasteiger partial charge in [-0.05, 0) is 136 Å². The molecular formula is C98H161N21O21S7. The van der Waals surface area contributed by atoms with E-state index in [1.807, 2.05) is 122 Å². The van der Waals surface area contributed by atoms with Crippen LogP contribution in [0.15, 0.2) is 119 Å². The van der Waals surface area contributed by atoms with Crippen LogP contribution in [0.3, 0.4) is 0 Å². The Kier molecular flexibility index (Phi) is 56.5. The lowest BCUT2D eigenvalue weighted by atomic mass is 10.2. The van der Waals surface area contributed by atoms with E-state index in [2.05, 4.69) is 105 Å². The van der Waals surface area contributed by atoms with E-state index in [1.165, 1.54) is 26.5 Å². The number of ether oxygens (including phenoxy) is 14. The Bertz CT molecular complexity index is 5390. The van der Waals surface area contributed by atoms with E-state index in [-0.39, 0.29) is 133 Å². The first-order valence-corrected chi connectivity index (χ1v) is 57.9. The summed E-state index contributed by atoms with van der Waals surface area (Å²) in [4.78, 5) is 118. The number of unbranched alkanes of at least 4 members (excludes halogenated alkanes) is 4. The molecule has 42 nitrogen and oxygen atoms in total. The Balaban J connectivity index is 0.000000209. The third kappa shape index (κ3) is 44.7. The van der Waals surface area contributed by atoms with Crippen molar-refractivity contribution in [2.24, 2.45) is 5.92 Å². The maximum absolute atomic E-state index is 12.1. The van der Waals surface area contributed by atoms with Gasteiger partial charge in [-0.15, -0.1) is 82.3 Å². The van der Waals surface area contributed by atoms with Crippen molar-refractivity contribution in [3.05, 3.63) is 159 Å². The monoisotopic (exact) mass is 2190 g/mol. The number of hydrogen-bond donors (Lipinski definition) is 4. The van der Waals surface area contributed by atoms with Gasteiger partial charge in [-0.3, -0.25) is 32.0 Å². The summed E-state index contributed by atoms with van der Waals surface area (Å²) in [6.45, 7) is 40.7. The minimum absolute atomic E-state index is 0.00694. The molecule has 7 aliphatic heterocycles. The van der Waals surface area contributed by atoms with Crippen LogP contribution in [-0.2, 0) is 66.3 Å². The third-order valence-corrected chi connectivity index (χ3v) is 29.2. The molecule has 7 aliphatic rings. The molecular weight excluding hydrogens is 2030 g/mol. The summed E-state index contributed by atoms with van der Waals surface area (Å²) in [6, 6.07) is 12.6. The van der Waals surface area contributed by atoms with Gasteiger partial charge in [0.25, 0.3) is 0 Å². The van der Waals surface area contributed by atoms with Crippen LogP contribution < -0.4 is 75.8 Å². The normalized spacial score (nSPS) is 21.9. The van der Waals surface area contributed by atoms with E-state index in [1.54, 1.807) is 184 Å². The lowest BCUT2D eigenvalue weighted by Crippen LogP contribution is -2.30. The number of anilines is 7. The average molecular weight is 2190 g/mol. The van der Waals surface area contributed by atoms with Crippen LogP contribution in [0.25, 0.3) is 0 Å². The molecule has 49 heteroatoms. The fourth-order valence-corrected chi connectivity index (χ4v) is 20.8. The van der Waals surface area contributed by atoms with Crippen LogP contribution in [0.1, 0.15) is 205 Å². The molecule has 147 heavy (non-hydrogen) atoms. The molecule has 14 atom stereocenters. The van der Waals surface area contributed by atoms with Crippen LogP contribution in [0.4, 0.5) is 40.7 Å². The number of hydrogen-bond acceptors (Lipinski definition) is 42. The Hall–Kier alpha value is -7.35. The Morgan fingerprint density at radius 3 is 0.823 bits per heavy atom. The third-order valence-electron chi connectivity index (χ3n) is 21.5. The highest BCUT2D eigenvalue weighted by Gasteiger charge is 2.36. The molecule has 0 aliphatic carbocycles. The van der Waals surface area contributed by atoms with Gasteiger partial charge < -0.3 is 102 Å². The van der Waals surface area contributed by atoms with E-state index < -0.39 is 0 Å². The van der Waals surface area contributed by atoms with Gasteiger partial charge in [0.1, 0.15) is 122 Å². The lowest BCUT2D eigenvalue weighted by Gasteiger charge is -2.22. The second-order valence-electron chi connectivity index (χ2n) is 37.3. The fraction of sp³-hybridized carbons (Fsp3) is 0.714. The topological polar surface area (TPSA) is 431 Å². The zero-order valence-electron chi connectivity index (χ0n) is 89.7. The van der Waals surface area contributed by atoms with Crippen LogP contribution >= 0.6 is 82.3 Å². The summed E-state index contributed by atoms with van der Waals surface area (Å²) in [7, 11) is 12.9. The number of aromatic nitrogens is 14. The Morgan fingerprint density at radius 1 is 0.327 bits per heavy atom. The summed E-state index contributed by atoms with van der Waals surface area (Å²) < 4.78 is 91.0. The molecule has 0 bridgehead atoms. The zero-order chi connectivity index (χ0) is 107. The maximum atomic E-state index is 12.1. The molecule has 0 aromatic carbocycles. The van der Waals surface area contributed by atoms with Gasteiger partial charge in [-0.2, -0.15) is 34.9 Å².